The number of pyridine rings is 1. The number of hydrogen-bond donors (Lipinski definition) is 3. The summed E-state index contributed by atoms with van der Waals surface area (Å²) in [5, 5.41) is 10.2. The van der Waals surface area contributed by atoms with Crippen LogP contribution in [0.5, 0.6) is 5.75 Å². The van der Waals surface area contributed by atoms with Crippen LogP contribution in [0.25, 0.3) is 22.4 Å². The minimum absolute atomic E-state index is 0.0536. The molecule has 13 nitrogen and oxygen atoms in total. The van der Waals surface area contributed by atoms with E-state index in [1.165, 1.54) is 39.0 Å². The molecule has 17 heteroatoms. The molecule has 0 aliphatic carbocycles. The lowest BCUT2D eigenvalue weighted by Crippen LogP contribution is -2.63. The number of aliphatic hydroxyl groups is 1. The molecule has 5 N–H and O–H groups in total. The lowest BCUT2D eigenvalue weighted by Gasteiger charge is -2.44. The molecule has 4 aromatic rings. The molecule has 1 aliphatic rings. The molecule has 1 aliphatic heterocycles. The standard InChI is InChI=1S/C28H31F4N9O4/c1-39(2)27(43)45-14-44-21-8-17(29)16(7-18(21)30)19-6-15(10-41-13-38-22-25(33)36-12-37-26(22)41)20(9-35-19)40-5-3-4-28(34,11-40)23(42)24(31)32/h6-9,12-13,23-24,42H,3-5,10-11,14,34H2,1-2H3,(H2,33,36,37)/t23-,28-/m1/s1. The molecule has 0 unspecified atom stereocenters. The average molecular weight is 634 g/mol. The van der Waals surface area contributed by atoms with Crippen LogP contribution in [0.15, 0.2) is 37.1 Å². The minimum atomic E-state index is -3.04. The van der Waals surface area contributed by atoms with Gasteiger partial charge < -0.3 is 40.4 Å². The van der Waals surface area contributed by atoms with Gasteiger partial charge in [-0.2, -0.15) is 0 Å². The Morgan fingerprint density at radius 1 is 1.16 bits per heavy atom. The molecular formula is C28H31F4N9O4. The van der Waals surface area contributed by atoms with Crippen molar-refractivity contribution in [1.82, 2.24) is 29.4 Å². The predicted octanol–water partition coefficient (Wildman–Crippen LogP) is 2.76. The number of ether oxygens (including phenoxy) is 2. The van der Waals surface area contributed by atoms with E-state index in [1.807, 2.05) is 0 Å². The summed E-state index contributed by atoms with van der Waals surface area (Å²) in [5.74, 6) is -2.12. The molecule has 4 heterocycles. The number of carbonyl (C=O) groups is 1. The molecule has 240 valence electrons. The molecule has 0 saturated carbocycles. The SMILES string of the molecule is CN(C)C(=O)OCOc1cc(F)c(-c2cc(Cn3cnc4c(N)ncnc43)c(N3CCC[C@](N)([C@H](O)C(F)F)C3)cn2)cc1F. The summed E-state index contributed by atoms with van der Waals surface area (Å²) in [6.45, 7) is -0.253. The Bertz CT molecular complexity index is 1710. The topological polar surface area (TPSA) is 171 Å². The highest BCUT2D eigenvalue weighted by Gasteiger charge is 2.43. The maximum atomic E-state index is 15.3. The van der Waals surface area contributed by atoms with Gasteiger partial charge in [-0.1, -0.05) is 0 Å². The Morgan fingerprint density at radius 3 is 2.67 bits per heavy atom. The van der Waals surface area contributed by atoms with Gasteiger partial charge in [-0.25, -0.2) is 37.3 Å². The van der Waals surface area contributed by atoms with E-state index < -0.39 is 48.3 Å². The van der Waals surface area contributed by atoms with Gasteiger partial charge in [0.05, 0.1) is 36.0 Å². The third kappa shape index (κ3) is 6.53. The van der Waals surface area contributed by atoms with Gasteiger partial charge in [-0.15, -0.1) is 0 Å². The van der Waals surface area contributed by atoms with Crippen molar-refractivity contribution in [2.75, 3.05) is 44.6 Å². The number of amides is 1. The normalized spacial score (nSPS) is 17.5. The number of imidazole rings is 1. The monoisotopic (exact) mass is 633 g/mol. The minimum Gasteiger partial charge on any atom is -0.454 e. The van der Waals surface area contributed by atoms with Crippen molar-refractivity contribution in [3.63, 3.8) is 0 Å². The van der Waals surface area contributed by atoms with Crippen LogP contribution in [0.1, 0.15) is 18.4 Å². The number of benzene rings is 1. The Balaban J connectivity index is 1.51. The zero-order valence-corrected chi connectivity index (χ0v) is 24.3. The number of aromatic nitrogens is 5. The fraction of sp³-hybridized carbons (Fsp3) is 0.393. The van der Waals surface area contributed by atoms with Gasteiger partial charge in [0.2, 0.25) is 6.79 Å². The highest BCUT2D eigenvalue weighted by Crippen LogP contribution is 2.35. The Hall–Kier alpha value is -4.77. The van der Waals surface area contributed by atoms with Crippen molar-refractivity contribution < 1.29 is 36.9 Å². The number of nitrogens with two attached hydrogens (primary N) is 2. The first kappa shape index (κ1) is 31.6. The second-order valence-corrected chi connectivity index (χ2v) is 10.9. The number of nitrogens with zero attached hydrogens (tertiary/aromatic N) is 7. The van der Waals surface area contributed by atoms with Gasteiger partial charge in [0.25, 0.3) is 6.43 Å². The number of fused-ring (bicyclic) bond motifs is 1. The van der Waals surface area contributed by atoms with E-state index >= 15 is 4.39 Å². The molecule has 1 fully saturated rings. The predicted molar refractivity (Wildman–Crippen MR) is 154 cm³/mol. The Morgan fingerprint density at radius 2 is 1.93 bits per heavy atom. The first-order chi connectivity index (χ1) is 21.4. The summed E-state index contributed by atoms with van der Waals surface area (Å²) < 4.78 is 68.9. The number of nitrogen functional groups attached to an aromatic ring is 1. The number of anilines is 2. The molecule has 1 aromatic carbocycles. The van der Waals surface area contributed by atoms with Gasteiger partial charge >= 0.3 is 6.09 Å². The van der Waals surface area contributed by atoms with E-state index in [1.54, 1.807) is 9.47 Å². The van der Waals surface area contributed by atoms with Crippen molar-refractivity contribution in [2.45, 2.75) is 37.5 Å². The molecular weight excluding hydrogens is 602 g/mol. The van der Waals surface area contributed by atoms with E-state index in [-0.39, 0.29) is 36.6 Å². The zero-order chi connectivity index (χ0) is 32.5. The molecule has 0 radical (unpaired) electrons. The van der Waals surface area contributed by atoms with Crippen LogP contribution in [0, 0.1) is 11.6 Å². The van der Waals surface area contributed by atoms with Crippen molar-refractivity contribution >= 4 is 28.8 Å². The summed E-state index contributed by atoms with van der Waals surface area (Å²) >= 11 is 0. The smallest absolute Gasteiger partial charge is 0.412 e. The lowest BCUT2D eigenvalue weighted by atomic mass is 9.84. The third-order valence-electron chi connectivity index (χ3n) is 7.52. The maximum Gasteiger partial charge on any atom is 0.412 e. The van der Waals surface area contributed by atoms with Crippen LogP contribution in [-0.2, 0) is 11.3 Å². The molecule has 0 spiro atoms. The summed E-state index contributed by atoms with van der Waals surface area (Å²) in [6.07, 6.45) is -1.07. The van der Waals surface area contributed by atoms with E-state index in [0.717, 1.165) is 17.0 Å². The van der Waals surface area contributed by atoms with E-state index in [0.29, 0.717) is 35.4 Å². The maximum absolute atomic E-state index is 15.3. The van der Waals surface area contributed by atoms with Crippen molar-refractivity contribution in [2.24, 2.45) is 5.73 Å². The van der Waals surface area contributed by atoms with Crippen LogP contribution >= 0.6 is 0 Å². The van der Waals surface area contributed by atoms with Crippen molar-refractivity contribution in [1.29, 1.82) is 0 Å². The van der Waals surface area contributed by atoms with Gasteiger partial charge in [0.15, 0.2) is 23.0 Å². The molecule has 5 rings (SSSR count). The fourth-order valence-electron chi connectivity index (χ4n) is 5.16. The zero-order valence-electron chi connectivity index (χ0n) is 24.3. The number of alkyl halides is 2. The number of rotatable bonds is 9. The first-order valence-electron chi connectivity index (χ1n) is 13.7. The van der Waals surface area contributed by atoms with Crippen molar-refractivity contribution in [3.05, 3.63) is 54.2 Å². The first-order valence-corrected chi connectivity index (χ1v) is 13.7. The largest absolute Gasteiger partial charge is 0.454 e. The van der Waals surface area contributed by atoms with Crippen molar-refractivity contribution in [3.8, 4) is 17.0 Å². The summed E-state index contributed by atoms with van der Waals surface area (Å²) in [6, 6.07) is 3.24. The highest BCUT2D eigenvalue weighted by molar-refractivity contribution is 5.81. The quantitative estimate of drug-likeness (QED) is 0.183. The molecule has 1 saturated heterocycles. The molecule has 0 bridgehead atoms. The summed E-state index contributed by atoms with van der Waals surface area (Å²) in [4.78, 5) is 31.3. The number of aliphatic hydroxyl groups excluding tert-OH is 1. The second kappa shape index (κ2) is 12.7. The van der Waals surface area contributed by atoms with E-state index in [4.69, 9.17) is 20.9 Å². The molecule has 3 aromatic heterocycles. The van der Waals surface area contributed by atoms with Crippen LogP contribution in [0.4, 0.5) is 33.9 Å². The van der Waals surface area contributed by atoms with Gasteiger partial charge in [0.1, 0.15) is 23.8 Å². The van der Waals surface area contributed by atoms with Crippen LogP contribution in [-0.4, -0.2) is 92.6 Å². The molecule has 2 atom stereocenters. The van der Waals surface area contributed by atoms with Crippen LogP contribution < -0.4 is 21.1 Å². The third-order valence-corrected chi connectivity index (χ3v) is 7.52. The number of carbonyl (C=O) groups excluding carboxylic acids is 1. The number of hydrogen-bond acceptors (Lipinski definition) is 11. The highest BCUT2D eigenvalue weighted by atomic mass is 19.3. The van der Waals surface area contributed by atoms with E-state index in [2.05, 4.69) is 19.9 Å². The van der Waals surface area contributed by atoms with Crippen LogP contribution in [0.3, 0.4) is 0 Å². The van der Waals surface area contributed by atoms with Gasteiger partial charge in [0, 0.05) is 38.8 Å². The molecule has 45 heavy (non-hydrogen) atoms. The summed E-state index contributed by atoms with van der Waals surface area (Å²) in [7, 11) is 2.90. The fourth-order valence-corrected chi connectivity index (χ4v) is 5.16. The van der Waals surface area contributed by atoms with Crippen LogP contribution in [0.2, 0.25) is 0 Å². The Kier molecular flexibility index (Phi) is 8.92. The second-order valence-electron chi connectivity index (χ2n) is 10.9. The van der Waals surface area contributed by atoms with E-state index in [9.17, 15) is 23.1 Å². The number of halogens is 4. The number of piperidine rings is 1. The van der Waals surface area contributed by atoms with Gasteiger partial charge in [-0.05, 0) is 30.5 Å². The average Bonchev–Trinajstić information content (AvgIpc) is 3.41. The molecule has 1 amide bonds. The van der Waals surface area contributed by atoms with Gasteiger partial charge in [-0.3, -0.25) is 4.98 Å². The lowest BCUT2D eigenvalue weighted by molar-refractivity contribution is -0.0529. The Labute approximate surface area is 254 Å². The summed E-state index contributed by atoms with van der Waals surface area (Å²) in [5.41, 5.74) is 12.2.